The average Bonchev–Trinajstić information content (AvgIpc) is 2.04. The van der Waals surface area contributed by atoms with Crippen molar-refractivity contribution in [3.8, 4) is 11.5 Å². The predicted molar refractivity (Wildman–Crippen MR) is 47.3 cm³/mol. The van der Waals surface area contributed by atoms with E-state index in [0.29, 0.717) is 11.5 Å². The van der Waals surface area contributed by atoms with E-state index in [0.717, 1.165) is 0 Å². The van der Waals surface area contributed by atoms with Crippen LogP contribution in [0.5, 0.6) is 11.5 Å². The summed E-state index contributed by atoms with van der Waals surface area (Å²) in [6, 6.07) is 7.41. The summed E-state index contributed by atoms with van der Waals surface area (Å²) < 4.78 is 10.4. The third-order valence-corrected chi connectivity index (χ3v) is 1.38. The second-order valence-electron chi connectivity index (χ2n) is 2.47. The molecule has 2 N–H and O–H groups in total. The van der Waals surface area contributed by atoms with Gasteiger partial charge in [-0.25, -0.2) is 0 Å². The number of ether oxygens (including phenoxy) is 2. The molecule has 0 aliphatic heterocycles. The molecule has 1 unspecified atom stereocenters. The van der Waals surface area contributed by atoms with E-state index in [1.165, 1.54) is 0 Å². The van der Waals surface area contributed by atoms with Gasteiger partial charge in [-0.3, -0.25) is 5.73 Å². The zero-order chi connectivity index (χ0) is 8.97. The molecular formula is C9H13NO2. The van der Waals surface area contributed by atoms with Gasteiger partial charge in [-0.1, -0.05) is 12.1 Å². The standard InChI is InChI=1S/C9H13NO2/c1-7(10)12-9-6-4-3-5-8(9)11-2/h3-7H,10H2,1-2H3. The van der Waals surface area contributed by atoms with Gasteiger partial charge in [0.05, 0.1) is 7.11 Å². The molecule has 0 aromatic heterocycles. The Bertz CT molecular complexity index is 248. The van der Waals surface area contributed by atoms with Gasteiger partial charge in [-0.05, 0) is 19.1 Å². The molecule has 1 atom stereocenters. The lowest BCUT2D eigenvalue weighted by atomic mass is 10.3. The number of para-hydroxylation sites is 2. The van der Waals surface area contributed by atoms with Crippen molar-refractivity contribution in [2.45, 2.75) is 13.2 Å². The van der Waals surface area contributed by atoms with Gasteiger partial charge >= 0.3 is 0 Å². The van der Waals surface area contributed by atoms with Crippen LogP contribution in [0.25, 0.3) is 0 Å². The Hall–Kier alpha value is -1.22. The fourth-order valence-corrected chi connectivity index (χ4v) is 0.916. The van der Waals surface area contributed by atoms with E-state index in [-0.39, 0.29) is 6.23 Å². The number of rotatable bonds is 3. The molecule has 0 radical (unpaired) electrons. The van der Waals surface area contributed by atoms with Crippen LogP contribution in [0.3, 0.4) is 0 Å². The molecule has 66 valence electrons. The average molecular weight is 167 g/mol. The van der Waals surface area contributed by atoms with Crippen LogP contribution in [-0.2, 0) is 0 Å². The van der Waals surface area contributed by atoms with Crippen LogP contribution in [0.4, 0.5) is 0 Å². The maximum atomic E-state index is 5.47. The number of hydrogen-bond donors (Lipinski definition) is 1. The minimum atomic E-state index is -0.318. The Morgan fingerprint density at radius 3 is 2.33 bits per heavy atom. The molecule has 0 saturated carbocycles. The van der Waals surface area contributed by atoms with E-state index < -0.39 is 0 Å². The molecule has 0 bridgehead atoms. The Kier molecular flexibility index (Phi) is 2.94. The second kappa shape index (κ2) is 3.97. The summed E-state index contributed by atoms with van der Waals surface area (Å²) in [6.07, 6.45) is -0.318. The highest BCUT2D eigenvalue weighted by Crippen LogP contribution is 2.25. The fraction of sp³-hybridized carbons (Fsp3) is 0.333. The van der Waals surface area contributed by atoms with Crippen LogP contribution in [0.1, 0.15) is 6.92 Å². The van der Waals surface area contributed by atoms with Gasteiger partial charge in [0.1, 0.15) is 6.23 Å². The summed E-state index contributed by atoms with van der Waals surface area (Å²) in [5.41, 5.74) is 5.47. The minimum absolute atomic E-state index is 0.318. The Balaban J connectivity index is 2.82. The van der Waals surface area contributed by atoms with Crippen molar-refractivity contribution in [3.05, 3.63) is 24.3 Å². The van der Waals surface area contributed by atoms with Gasteiger partial charge in [-0.15, -0.1) is 0 Å². The van der Waals surface area contributed by atoms with Gasteiger partial charge in [0.25, 0.3) is 0 Å². The van der Waals surface area contributed by atoms with Crippen molar-refractivity contribution in [1.29, 1.82) is 0 Å². The first-order valence-electron chi connectivity index (χ1n) is 3.79. The molecule has 12 heavy (non-hydrogen) atoms. The maximum absolute atomic E-state index is 5.47. The molecule has 0 aliphatic rings. The van der Waals surface area contributed by atoms with Crippen molar-refractivity contribution in [1.82, 2.24) is 0 Å². The van der Waals surface area contributed by atoms with Crippen LogP contribution in [0.15, 0.2) is 24.3 Å². The van der Waals surface area contributed by atoms with Crippen molar-refractivity contribution < 1.29 is 9.47 Å². The third-order valence-electron chi connectivity index (χ3n) is 1.38. The molecule has 0 saturated heterocycles. The SMILES string of the molecule is COc1ccccc1OC(C)N. The highest BCUT2D eigenvalue weighted by atomic mass is 16.5. The minimum Gasteiger partial charge on any atom is -0.493 e. The van der Waals surface area contributed by atoms with Crippen LogP contribution in [0.2, 0.25) is 0 Å². The summed E-state index contributed by atoms with van der Waals surface area (Å²) in [7, 11) is 1.60. The first-order chi connectivity index (χ1) is 5.74. The monoisotopic (exact) mass is 167 g/mol. The summed E-state index contributed by atoms with van der Waals surface area (Å²) in [6.45, 7) is 1.77. The normalized spacial score (nSPS) is 12.2. The van der Waals surface area contributed by atoms with E-state index in [1.54, 1.807) is 14.0 Å². The Morgan fingerprint density at radius 1 is 1.25 bits per heavy atom. The van der Waals surface area contributed by atoms with E-state index in [9.17, 15) is 0 Å². The molecule has 0 fully saturated rings. The van der Waals surface area contributed by atoms with Gasteiger partial charge in [0.2, 0.25) is 0 Å². The smallest absolute Gasteiger partial charge is 0.163 e. The van der Waals surface area contributed by atoms with Crippen LogP contribution in [0, 0.1) is 0 Å². The number of nitrogens with two attached hydrogens (primary N) is 1. The molecule has 1 rings (SSSR count). The maximum Gasteiger partial charge on any atom is 0.163 e. The van der Waals surface area contributed by atoms with E-state index >= 15 is 0 Å². The Labute approximate surface area is 72.1 Å². The zero-order valence-corrected chi connectivity index (χ0v) is 7.28. The molecule has 0 heterocycles. The fourth-order valence-electron chi connectivity index (χ4n) is 0.916. The lowest BCUT2D eigenvalue weighted by Gasteiger charge is -2.12. The predicted octanol–water partition coefficient (Wildman–Crippen LogP) is 1.38. The summed E-state index contributed by atoms with van der Waals surface area (Å²) in [5, 5.41) is 0. The van der Waals surface area contributed by atoms with Crippen LogP contribution < -0.4 is 15.2 Å². The van der Waals surface area contributed by atoms with Crippen molar-refractivity contribution in [2.24, 2.45) is 5.73 Å². The molecule has 1 aromatic rings. The zero-order valence-electron chi connectivity index (χ0n) is 7.28. The first-order valence-corrected chi connectivity index (χ1v) is 3.79. The van der Waals surface area contributed by atoms with E-state index in [1.807, 2.05) is 24.3 Å². The molecule has 0 amide bonds. The summed E-state index contributed by atoms with van der Waals surface area (Å²) in [4.78, 5) is 0. The topological polar surface area (TPSA) is 44.5 Å². The molecule has 3 heteroatoms. The van der Waals surface area contributed by atoms with Gasteiger partial charge in [0.15, 0.2) is 11.5 Å². The van der Waals surface area contributed by atoms with Gasteiger partial charge < -0.3 is 9.47 Å². The van der Waals surface area contributed by atoms with Crippen molar-refractivity contribution >= 4 is 0 Å². The van der Waals surface area contributed by atoms with Gasteiger partial charge in [-0.2, -0.15) is 0 Å². The number of hydrogen-bond acceptors (Lipinski definition) is 3. The first kappa shape index (κ1) is 8.87. The van der Waals surface area contributed by atoms with Crippen molar-refractivity contribution in [2.75, 3.05) is 7.11 Å². The highest BCUT2D eigenvalue weighted by molar-refractivity contribution is 5.39. The van der Waals surface area contributed by atoms with E-state index in [2.05, 4.69) is 0 Å². The van der Waals surface area contributed by atoms with Gasteiger partial charge in [0, 0.05) is 0 Å². The van der Waals surface area contributed by atoms with Crippen molar-refractivity contribution in [3.63, 3.8) is 0 Å². The third kappa shape index (κ3) is 2.13. The van der Waals surface area contributed by atoms with Crippen LogP contribution >= 0.6 is 0 Å². The Morgan fingerprint density at radius 2 is 1.83 bits per heavy atom. The highest BCUT2D eigenvalue weighted by Gasteiger charge is 2.03. The molecular weight excluding hydrogens is 154 g/mol. The molecule has 3 nitrogen and oxygen atoms in total. The second-order valence-corrected chi connectivity index (χ2v) is 2.47. The molecule has 0 spiro atoms. The largest absolute Gasteiger partial charge is 0.493 e. The summed E-state index contributed by atoms with van der Waals surface area (Å²) in [5.74, 6) is 1.38. The lowest BCUT2D eigenvalue weighted by molar-refractivity contribution is 0.219. The number of benzene rings is 1. The molecule has 0 aliphatic carbocycles. The lowest BCUT2D eigenvalue weighted by Crippen LogP contribution is -2.22. The van der Waals surface area contributed by atoms with E-state index in [4.69, 9.17) is 15.2 Å². The number of methoxy groups -OCH3 is 1. The van der Waals surface area contributed by atoms with Crippen LogP contribution in [-0.4, -0.2) is 13.3 Å². The summed E-state index contributed by atoms with van der Waals surface area (Å²) >= 11 is 0. The molecule has 1 aromatic carbocycles. The quantitative estimate of drug-likeness (QED) is 0.692.